The van der Waals surface area contributed by atoms with Crippen molar-refractivity contribution in [2.75, 3.05) is 5.75 Å². The molecule has 2 aliphatic rings. The lowest BCUT2D eigenvalue weighted by molar-refractivity contribution is -0.139. The normalized spacial score (nSPS) is 18.4. The summed E-state index contributed by atoms with van der Waals surface area (Å²) in [6.07, 6.45) is 5.62. The maximum Gasteiger partial charge on any atom is 0.344 e. The first-order chi connectivity index (χ1) is 13.6. The van der Waals surface area contributed by atoms with Crippen LogP contribution >= 0.6 is 11.8 Å². The number of carbonyl (C=O) groups excluding carboxylic acids is 3. The van der Waals surface area contributed by atoms with Crippen LogP contribution in [0.3, 0.4) is 0 Å². The van der Waals surface area contributed by atoms with Gasteiger partial charge in [-0.05, 0) is 25.0 Å². The van der Waals surface area contributed by atoms with Crippen LogP contribution < -0.4 is 10.7 Å². The van der Waals surface area contributed by atoms with Crippen molar-refractivity contribution in [3.63, 3.8) is 0 Å². The molecular formula is C18H20N6O3S. The average Bonchev–Trinajstić information content (AvgIpc) is 3.27. The molecule has 1 aromatic heterocycles. The summed E-state index contributed by atoms with van der Waals surface area (Å²) in [4.78, 5) is 37.2. The predicted molar refractivity (Wildman–Crippen MR) is 101 cm³/mol. The van der Waals surface area contributed by atoms with E-state index in [1.807, 2.05) is 30.3 Å². The molecule has 28 heavy (non-hydrogen) atoms. The maximum absolute atomic E-state index is 12.7. The summed E-state index contributed by atoms with van der Waals surface area (Å²) < 4.78 is 1.77. The van der Waals surface area contributed by atoms with E-state index < -0.39 is 17.5 Å². The average molecular weight is 400 g/mol. The monoisotopic (exact) mass is 400 g/mol. The number of nitrogens with zero attached hydrogens (tertiary/aromatic N) is 4. The summed E-state index contributed by atoms with van der Waals surface area (Å²) in [6.45, 7) is 0. The van der Waals surface area contributed by atoms with E-state index in [2.05, 4.69) is 20.9 Å². The first kappa shape index (κ1) is 18.5. The third-order valence-electron chi connectivity index (χ3n) is 4.99. The summed E-state index contributed by atoms with van der Waals surface area (Å²) in [5.74, 6) is -0.831. The summed E-state index contributed by atoms with van der Waals surface area (Å²) in [5, 5.41) is 12.0. The van der Waals surface area contributed by atoms with Gasteiger partial charge >= 0.3 is 6.03 Å². The minimum absolute atomic E-state index is 0.00438. The largest absolute Gasteiger partial charge is 0.344 e. The molecule has 1 saturated carbocycles. The van der Waals surface area contributed by atoms with E-state index in [1.54, 1.807) is 10.9 Å². The highest BCUT2D eigenvalue weighted by Gasteiger charge is 2.52. The number of urea groups is 1. The van der Waals surface area contributed by atoms with Gasteiger partial charge in [-0.1, -0.05) is 49.2 Å². The molecule has 9 nitrogen and oxygen atoms in total. The molecule has 2 aromatic rings. The number of carbonyl (C=O) groups is 3. The second-order valence-electron chi connectivity index (χ2n) is 6.86. The Morgan fingerprint density at radius 2 is 1.93 bits per heavy atom. The number of para-hydroxylation sites is 1. The van der Waals surface area contributed by atoms with Crippen molar-refractivity contribution in [2.24, 2.45) is 0 Å². The van der Waals surface area contributed by atoms with E-state index in [-0.39, 0.29) is 11.7 Å². The molecule has 4 amide bonds. The molecule has 146 valence electrons. The molecular weight excluding hydrogens is 380 g/mol. The van der Waals surface area contributed by atoms with Gasteiger partial charge in [-0.25, -0.2) is 4.79 Å². The van der Waals surface area contributed by atoms with Crippen molar-refractivity contribution < 1.29 is 14.4 Å². The number of thioether (sulfide) groups is 1. The Balaban J connectivity index is 1.38. The van der Waals surface area contributed by atoms with Crippen molar-refractivity contribution in [2.45, 2.75) is 42.8 Å². The fraction of sp³-hybridized carbons (Fsp3) is 0.389. The fourth-order valence-electron chi connectivity index (χ4n) is 3.59. The van der Waals surface area contributed by atoms with E-state index >= 15 is 0 Å². The zero-order chi connectivity index (χ0) is 19.6. The molecule has 1 saturated heterocycles. The van der Waals surface area contributed by atoms with E-state index in [1.165, 1.54) is 11.8 Å². The van der Waals surface area contributed by atoms with E-state index in [4.69, 9.17) is 0 Å². The number of hydrogen-bond donors (Lipinski definition) is 2. The molecule has 2 N–H and O–H groups in total. The van der Waals surface area contributed by atoms with Crippen LogP contribution in [0.4, 0.5) is 4.79 Å². The quantitative estimate of drug-likeness (QED) is 0.583. The summed E-state index contributed by atoms with van der Waals surface area (Å²) in [7, 11) is 0. The third-order valence-corrected chi connectivity index (χ3v) is 5.93. The lowest BCUT2D eigenvalue weighted by Crippen LogP contribution is -2.51. The molecule has 2 heterocycles. The van der Waals surface area contributed by atoms with Crippen LogP contribution in [0, 0.1) is 0 Å². The third kappa shape index (κ3) is 3.47. The summed E-state index contributed by atoms with van der Waals surface area (Å²) >= 11 is 1.18. The first-order valence-corrected chi connectivity index (χ1v) is 10.1. The molecule has 0 unspecified atom stereocenters. The van der Waals surface area contributed by atoms with Gasteiger partial charge < -0.3 is 5.32 Å². The lowest BCUT2D eigenvalue weighted by atomic mass is 9.82. The minimum atomic E-state index is -0.858. The minimum Gasteiger partial charge on any atom is -0.322 e. The van der Waals surface area contributed by atoms with Gasteiger partial charge in [-0.2, -0.15) is 5.01 Å². The second kappa shape index (κ2) is 7.63. The first-order valence-electron chi connectivity index (χ1n) is 9.13. The Kier molecular flexibility index (Phi) is 5.03. The smallest absolute Gasteiger partial charge is 0.322 e. The van der Waals surface area contributed by atoms with Crippen LogP contribution in [0.25, 0.3) is 5.69 Å². The van der Waals surface area contributed by atoms with Crippen molar-refractivity contribution in [3.8, 4) is 5.69 Å². The number of hydrazine groups is 1. The van der Waals surface area contributed by atoms with Gasteiger partial charge in [0.25, 0.3) is 5.91 Å². The molecule has 0 radical (unpaired) electrons. The number of hydrogen-bond acceptors (Lipinski definition) is 6. The van der Waals surface area contributed by atoms with Crippen molar-refractivity contribution in [1.82, 2.24) is 30.5 Å². The highest BCUT2D eigenvalue weighted by atomic mass is 32.2. The van der Waals surface area contributed by atoms with Gasteiger partial charge in [-0.15, -0.1) is 10.2 Å². The van der Waals surface area contributed by atoms with Crippen molar-refractivity contribution in [3.05, 3.63) is 36.7 Å². The Labute approximate surface area is 165 Å². The topological polar surface area (TPSA) is 109 Å². The molecule has 1 aliphatic carbocycles. The van der Waals surface area contributed by atoms with Gasteiger partial charge in [0.1, 0.15) is 11.9 Å². The number of aromatic nitrogens is 3. The zero-order valence-corrected chi connectivity index (χ0v) is 15.9. The number of benzene rings is 1. The standard InChI is InChI=1S/C18H20N6O3S/c25-14(11-28-17-21-19-12-23(17)13-7-3-1-4-8-13)22-24-15(26)18(20-16(24)27)9-5-2-6-10-18/h1,3-4,7-8,12H,2,5-6,9-11H2,(H,20,27)(H,22,25). The van der Waals surface area contributed by atoms with Gasteiger partial charge in [0.15, 0.2) is 5.16 Å². The van der Waals surface area contributed by atoms with Gasteiger partial charge in [0, 0.05) is 5.69 Å². The lowest BCUT2D eigenvalue weighted by Gasteiger charge is -2.30. The van der Waals surface area contributed by atoms with Crippen LogP contribution in [0.1, 0.15) is 32.1 Å². The highest BCUT2D eigenvalue weighted by molar-refractivity contribution is 7.99. The number of imide groups is 1. The molecule has 2 fully saturated rings. The van der Waals surface area contributed by atoms with Gasteiger partial charge in [-0.3, -0.25) is 19.6 Å². The molecule has 0 atom stereocenters. The van der Waals surface area contributed by atoms with Crippen LogP contribution in [0.5, 0.6) is 0 Å². The molecule has 1 aliphatic heterocycles. The summed E-state index contributed by atoms with van der Waals surface area (Å²) in [6, 6.07) is 8.95. The molecule has 0 bridgehead atoms. The Hall–Kier alpha value is -2.88. The van der Waals surface area contributed by atoms with E-state index in [9.17, 15) is 14.4 Å². The summed E-state index contributed by atoms with van der Waals surface area (Å²) in [5.41, 5.74) is 2.45. The molecule has 1 spiro atoms. The fourth-order valence-corrected chi connectivity index (χ4v) is 4.31. The number of rotatable bonds is 5. The Morgan fingerprint density at radius 1 is 1.18 bits per heavy atom. The SMILES string of the molecule is O=C(CSc1nncn1-c1ccccc1)NN1C(=O)NC2(CCCCC2)C1=O. The van der Waals surface area contributed by atoms with Crippen LogP contribution in [-0.2, 0) is 9.59 Å². The molecule has 1 aromatic carbocycles. The van der Waals surface area contributed by atoms with Crippen LogP contribution in [0.2, 0.25) is 0 Å². The van der Waals surface area contributed by atoms with Gasteiger partial charge in [0.2, 0.25) is 5.91 Å². The van der Waals surface area contributed by atoms with E-state index in [0.29, 0.717) is 18.0 Å². The Bertz CT molecular complexity index is 894. The van der Waals surface area contributed by atoms with E-state index in [0.717, 1.165) is 30.0 Å². The second-order valence-corrected chi connectivity index (χ2v) is 7.80. The molecule has 10 heteroatoms. The maximum atomic E-state index is 12.7. The number of amides is 4. The highest BCUT2D eigenvalue weighted by Crippen LogP contribution is 2.33. The van der Waals surface area contributed by atoms with Gasteiger partial charge in [0.05, 0.1) is 5.75 Å². The molecule has 4 rings (SSSR count). The zero-order valence-electron chi connectivity index (χ0n) is 15.1. The predicted octanol–water partition coefficient (Wildman–Crippen LogP) is 1.65. The van der Waals surface area contributed by atoms with Crippen LogP contribution in [-0.4, -0.2) is 48.9 Å². The van der Waals surface area contributed by atoms with Crippen molar-refractivity contribution in [1.29, 1.82) is 0 Å². The van der Waals surface area contributed by atoms with Crippen LogP contribution in [0.15, 0.2) is 41.8 Å². The number of nitrogens with one attached hydrogen (secondary N) is 2. The van der Waals surface area contributed by atoms with Crippen molar-refractivity contribution >= 4 is 29.6 Å². The Morgan fingerprint density at radius 3 is 2.68 bits per heavy atom.